The van der Waals surface area contributed by atoms with E-state index in [1.54, 1.807) is 11.8 Å². The summed E-state index contributed by atoms with van der Waals surface area (Å²) in [4.78, 5) is 4.97. The first kappa shape index (κ1) is 24.1. The van der Waals surface area contributed by atoms with Crippen LogP contribution in [0.25, 0.3) is 38.6 Å². The maximum Gasteiger partial charge on any atom is 0.0548 e. The Kier molecular flexibility index (Phi) is 5.71. The van der Waals surface area contributed by atoms with E-state index in [4.69, 9.17) is 0 Å². The van der Waals surface area contributed by atoms with E-state index in [0.29, 0.717) is 0 Å². The molecule has 0 bridgehead atoms. The third-order valence-corrected chi connectivity index (χ3v) is 9.18. The molecule has 0 atom stereocenters. The van der Waals surface area contributed by atoms with Crippen LogP contribution in [0.4, 0.5) is 11.4 Å². The Morgan fingerprint density at radius 2 is 1.29 bits per heavy atom. The molecule has 0 aliphatic carbocycles. The molecule has 7 aromatic rings. The predicted octanol–water partition coefficient (Wildman–Crippen LogP) is 10.6. The van der Waals surface area contributed by atoms with Gasteiger partial charge in [-0.2, -0.15) is 0 Å². The molecule has 0 amide bonds. The summed E-state index contributed by atoms with van der Waals surface area (Å²) in [6, 6.07) is 50.8. The molecule has 41 heavy (non-hydrogen) atoms. The van der Waals surface area contributed by atoms with Gasteiger partial charge in [-0.1, -0.05) is 96.7 Å². The van der Waals surface area contributed by atoms with E-state index in [1.807, 2.05) is 0 Å². The third-order valence-electron chi connectivity index (χ3n) is 8.18. The molecule has 1 aliphatic rings. The van der Waals surface area contributed by atoms with Crippen molar-refractivity contribution in [3.63, 3.8) is 0 Å². The van der Waals surface area contributed by atoms with Gasteiger partial charge in [0.1, 0.15) is 0 Å². The van der Waals surface area contributed by atoms with Crippen molar-refractivity contribution in [3.05, 3.63) is 151 Å². The summed E-state index contributed by atoms with van der Waals surface area (Å²) in [6.45, 7) is 3.07. The van der Waals surface area contributed by atoms with Gasteiger partial charge in [-0.25, -0.2) is 0 Å². The largest absolute Gasteiger partial charge is 0.336 e. The molecule has 0 radical (unpaired) electrons. The zero-order valence-electron chi connectivity index (χ0n) is 22.8. The number of benzene rings is 6. The average molecular weight is 545 g/mol. The molecule has 6 aromatic carbocycles. The van der Waals surface area contributed by atoms with Crippen molar-refractivity contribution in [2.75, 3.05) is 4.90 Å². The van der Waals surface area contributed by atoms with Crippen LogP contribution < -0.4 is 4.90 Å². The minimum Gasteiger partial charge on any atom is -0.336 e. The van der Waals surface area contributed by atoms with E-state index < -0.39 is 0 Å². The number of rotatable bonds is 4. The van der Waals surface area contributed by atoms with E-state index in [1.165, 1.54) is 70.9 Å². The predicted molar refractivity (Wildman–Crippen MR) is 174 cm³/mol. The van der Waals surface area contributed by atoms with Gasteiger partial charge in [-0.3, -0.25) is 0 Å². The molecule has 0 spiro atoms. The quantitative estimate of drug-likeness (QED) is 0.218. The molecule has 0 fully saturated rings. The maximum absolute atomic E-state index is 2.50. The lowest BCUT2D eigenvalue weighted by Crippen LogP contribution is -2.22. The standard InChI is InChI=1S/C38H28N2S/c1-26-12-5-9-20-35(26)39-25-27-13-6-7-18-31(27)33-24-38-34(23-37(33)39)32-19-8-10-21-36(32)40(38)28-14-11-17-30(22-28)41-29-15-3-2-4-16-29/h2-24H,25H2,1H3. The van der Waals surface area contributed by atoms with Crippen LogP contribution in [0.3, 0.4) is 0 Å². The fourth-order valence-corrected chi connectivity index (χ4v) is 7.18. The average Bonchev–Trinajstić information content (AvgIpc) is 3.34. The molecular formula is C38H28N2S. The highest BCUT2D eigenvalue weighted by Gasteiger charge is 2.26. The first-order valence-corrected chi connectivity index (χ1v) is 14.9. The molecule has 3 heteroatoms. The molecule has 1 aromatic heterocycles. The van der Waals surface area contributed by atoms with E-state index in [2.05, 4.69) is 156 Å². The summed E-state index contributed by atoms with van der Waals surface area (Å²) >= 11 is 1.80. The molecule has 2 nitrogen and oxygen atoms in total. The number of anilines is 2. The van der Waals surface area contributed by atoms with Crippen molar-refractivity contribution >= 4 is 44.9 Å². The molecule has 0 N–H and O–H groups in total. The molecule has 0 unspecified atom stereocenters. The lowest BCUT2D eigenvalue weighted by molar-refractivity contribution is 0.956. The van der Waals surface area contributed by atoms with Crippen molar-refractivity contribution in [1.82, 2.24) is 4.57 Å². The van der Waals surface area contributed by atoms with Crippen molar-refractivity contribution in [1.29, 1.82) is 0 Å². The van der Waals surface area contributed by atoms with E-state index in [9.17, 15) is 0 Å². The van der Waals surface area contributed by atoms with Crippen molar-refractivity contribution in [3.8, 4) is 16.8 Å². The Labute approximate surface area is 244 Å². The van der Waals surface area contributed by atoms with Gasteiger partial charge in [0.25, 0.3) is 0 Å². The minimum absolute atomic E-state index is 0.858. The summed E-state index contributed by atoms with van der Waals surface area (Å²) in [5.41, 5.74) is 11.4. The van der Waals surface area contributed by atoms with Crippen molar-refractivity contribution in [2.45, 2.75) is 23.3 Å². The van der Waals surface area contributed by atoms with Crippen molar-refractivity contribution < 1.29 is 0 Å². The Hall–Kier alpha value is -4.73. The smallest absolute Gasteiger partial charge is 0.0548 e. The van der Waals surface area contributed by atoms with Crippen LogP contribution in [0.5, 0.6) is 0 Å². The second kappa shape index (κ2) is 9.72. The highest BCUT2D eigenvalue weighted by atomic mass is 32.2. The van der Waals surface area contributed by atoms with Crippen LogP contribution in [0.15, 0.2) is 149 Å². The number of nitrogens with zero attached hydrogens (tertiary/aromatic N) is 2. The van der Waals surface area contributed by atoms with Gasteiger partial charge in [0.15, 0.2) is 0 Å². The lowest BCUT2D eigenvalue weighted by atomic mass is 9.91. The Bertz CT molecular complexity index is 2070. The summed E-state index contributed by atoms with van der Waals surface area (Å²) < 4.78 is 2.44. The van der Waals surface area contributed by atoms with Gasteiger partial charge in [-0.05, 0) is 78.2 Å². The third kappa shape index (κ3) is 4.04. The normalized spacial score (nSPS) is 12.5. The number of para-hydroxylation sites is 2. The maximum atomic E-state index is 2.50. The van der Waals surface area contributed by atoms with Crippen LogP contribution in [0, 0.1) is 6.92 Å². The SMILES string of the molecule is Cc1ccccc1N1Cc2ccccc2-c2cc3c(cc21)c1ccccc1n3-c1cccc(Sc2ccccc2)c1. The molecule has 196 valence electrons. The molecule has 0 saturated heterocycles. The first-order valence-electron chi connectivity index (χ1n) is 14.1. The minimum atomic E-state index is 0.858. The highest BCUT2D eigenvalue weighted by molar-refractivity contribution is 7.99. The molecule has 8 rings (SSSR count). The molecule has 1 aliphatic heterocycles. The number of hydrogen-bond donors (Lipinski definition) is 0. The van der Waals surface area contributed by atoms with Crippen molar-refractivity contribution in [2.24, 2.45) is 0 Å². The fraction of sp³-hybridized carbons (Fsp3) is 0.0526. The number of aryl methyl sites for hydroxylation is 1. The molecule has 2 heterocycles. The van der Waals surface area contributed by atoms with Gasteiger partial charge in [0.05, 0.1) is 16.7 Å². The van der Waals surface area contributed by atoms with Gasteiger partial charge in [-0.15, -0.1) is 0 Å². The Morgan fingerprint density at radius 1 is 0.537 bits per heavy atom. The van der Waals surface area contributed by atoms with E-state index in [0.717, 1.165) is 6.54 Å². The van der Waals surface area contributed by atoms with Crippen LogP contribution >= 0.6 is 11.8 Å². The van der Waals surface area contributed by atoms with Crippen LogP contribution in [-0.2, 0) is 6.54 Å². The van der Waals surface area contributed by atoms with Gasteiger partial charge in [0, 0.05) is 44.0 Å². The van der Waals surface area contributed by atoms with Crippen LogP contribution in [0.2, 0.25) is 0 Å². The number of fused-ring (bicyclic) bond motifs is 6. The Balaban J connectivity index is 1.38. The zero-order chi connectivity index (χ0) is 27.3. The van der Waals surface area contributed by atoms with E-state index in [-0.39, 0.29) is 0 Å². The number of hydrogen-bond acceptors (Lipinski definition) is 2. The fourth-order valence-electron chi connectivity index (χ4n) is 6.29. The highest BCUT2D eigenvalue weighted by Crippen LogP contribution is 2.47. The summed E-state index contributed by atoms with van der Waals surface area (Å²) in [5, 5.41) is 2.55. The number of aromatic nitrogens is 1. The molecule has 0 saturated carbocycles. The summed E-state index contributed by atoms with van der Waals surface area (Å²) in [7, 11) is 0. The Morgan fingerprint density at radius 3 is 2.20 bits per heavy atom. The van der Waals surface area contributed by atoms with Crippen LogP contribution in [0.1, 0.15) is 11.1 Å². The second-order valence-electron chi connectivity index (χ2n) is 10.7. The first-order chi connectivity index (χ1) is 20.2. The molecular weight excluding hydrogens is 516 g/mol. The van der Waals surface area contributed by atoms with Gasteiger partial charge < -0.3 is 9.47 Å². The van der Waals surface area contributed by atoms with Gasteiger partial charge >= 0.3 is 0 Å². The monoisotopic (exact) mass is 544 g/mol. The van der Waals surface area contributed by atoms with Gasteiger partial charge in [0.2, 0.25) is 0 Å². The summed E-state index contributed by atoms with van der Waals surface area (Å²) in [5.74, 6) is 0. The lowest BCUT2D eigenvalue weighted by Gasteiger charge is -2.34. The summed E-state index contributed by atoms with van der Waals surface area (Å²) in [6.07, 6.45) is 0. The second-order valence-corrected chi connectivity index (χ2v) is 11.8. The topological polar surface area (TPSA) is 8.17 Å². The zero-order valence-corrected chi connectivity index (χ0v) is 23.6. The van der Waals surface area contributed by atoms with Crippen LogP contribution in [-0.4, -0.2) is 4.57 Å². The van der Waals surface area contributed by atoms with E-state index >= 15 is 0 Å².